The zero-order chi connectivity index (χ0) is 14.5. The SMILES string of the molecule is CCCCCCOC(=O)C(C)(C)C1CC(C(C)=O)C1. The van der Waals surface area contributed by atoms with Crippen LogP contribution in [0.15, 0.2) is 0 Å². The molecule has 3 heteroatoms. The van der Waals surface area contributed by atoms with Crippen LogP contribution in [0.2, 0.25) is 0 Å². The Morgan fingerprint density at radius 1 is 1.16 bits per heavy atom. The van der Waals surface area contributed by atoms with E-state index in [-0.39, 0.29) is 17.7 Å². The van der Waals surface area contributed by atoms with Gasteiger partial charge in [0.1, 0.15) is 5.78 Å². The van der Waals surface area contributed by atoms with Crippen molar-refractivity contribution < 1.29 is 14.3 Å². The second-order valence-corrected chi connectivity index (χ2v) is 6.39. The van der Waals surface area contributed by atoms with Gasteiger partial charge in [0.15, 0.2) is 0 Å². The molecule has 0 aromatic heterocycles. The first-order valence-electron chi connectivity index (χ1n) is 7.57. The summed E-state index contributed by atoms with van der Waals surface area (Å²) in [7, 11) is 0. The summed E-state index contributed by atoms with van der Waals surface area (Å²) in [4.78, 5) is 23.3. The molecule has 0 atom stereocenters. The quantitative estimate of drug-likeness (QED) is 0.497. The number of carbonyl (C=O) groups is 2. The Bertz CT molecular complexity index is 314. The first kappa shape index (κ1) is 16.2. The molecule has 1 aliphatic carbocycles. The van der Waals surface area contributed by atoms with E-state index in [1.54, 1.807) is 6.92 Å². The molecule has 1 aliphatic rings. The highest BCUT2D eigenvalue weighted by atomic mass is 16.5. The molecule has 0 spiro atoms. The molecule has 0 heterocycles. The summed E-state index contributed by atoms with van der Waals surface area (Å²) in [5.41, 5.74) is -0.448. The van der Waals surface area contributed by atoms with Crippen LogP contribution in [0, 0.1) is 17.3 Å². The number of ether oxygens (including phenoxy) is 1. The van der Waals surface area contributed by atoms with Gasteiger partial charge in [0.05, 0.1) is 12.0 Å². The minimum atomic E-state index is -0.448. The van der Waals surface area contributed by atoms with Gasteiger partial charge in [-0.2, -0.15) is 0 Å². The Morgan fingerprint density at radius 2 is 1.79 bits per heavy atom. The highest BCUT2D eigenvalue weighted by Crippen LogP contribution is 2.46. The third-order valence-electron chi connectivity index (χ3n) is 4.49. The van der Waals surface area contributed by atoms with Gasteiger partial charge in [-0.15, -0.1) is 0 Å². The van der Waals surface area contributed by atoms with E-state index >= 15 is 0 Å². The first-order valence-corrected chi connectivity index (χ1v) is 7.57. The Kier molecular flexibility index (Phi) is 6.02. The predicted octanol–water partition coefficient (Wildman–Crippen LogP) is 3.75. The third kappa shape index (κ3) is 4.32. The minimum absolute atomic E-state index is 0.101. The van der Waals surface area contributed by atoms with Crippen molar-refractivity contribution >= 4 is 11.8 Å². The lowest BCUT2D eigenvalue weighted by Gasteiger charge is -2.42. The van der Waals surface area contributed by atoms with Gasteiger partial charge in [0.25, 0.3) is 0 Å². The van der Waals surface area contributed by atoms with Crippen molar-refractivity contribution in [3.8, 4) is 0 Å². The highest BCUT2D eigenvalue weighted by molar-refractivity contribution is 5.81. The first-order chi connectivity index (χ1) is 8.89. The molecule has 0 radical (unpaired) electrons. The van der Waals surface area contributed by atoms with Crippen molar-refractivity contribution in [1.82, 2.24) is 0 Å². The van der Waals surface area contributed by atoms with Gasteiger partial charge >= 0.3 is 5.97 Å². The normalized spacial score (nSPS) is 22.7. The van der Waals surface area contributed by atoms with Crippen LogP contribution in [0.5, 0.6) is 0 Å². The van der Waals surface area contributed by atoms with Gasteiger partial charge in [-0.1, -0.05) is 26.2 Å². The summed E-state index contributed by atoms with van der Waals surface area (Å²) in [6.45, 7) is 8.23. The van der Waals surface area contributed by atoms with Crippen molar-refractivity contribution in [2.45, 2.75) is 66.2 Å². The van der Waals surface area contributed by atoms with E-state index in [9.17, 15) is 9.59 Å². The largest absolute Gasteiger partial charge is 0.465 e. The number of hydrogen-bond donors (Lipinski definition) is 0. The highest BCUT2D eigenvalue weighted by Gasteiger charge is 2.46. The number of hydrogen-bond acceptors (Lipinski definition) is 3. The van der Waals surface area contributed by atoms with Gasteiger partial charge in [-0.3, -0.25) is 9.59 Å². The van der Waals surface area contributed by atoms with E-state index in [4.69, 9.17) is 4.74 Å². The average Bonchev–Trinajstić information content (AvgIpc) is 2.25. The van der Waals surface area contributed by atoms with Crippen LogP contribution >= 0.6 is 0 Å². The second kappa shape index (κ2) is 7.06. The predicted molar refractivity (Wildman–Crippen MR) is 75.8 cm³/mol. The Balaban J connectivity index is 2.28. The van der Waals surface area contributed by atoms with Crippen LogP contribution in [-0.2, 0) is 14.3 Å². The maximum atomic E-state index is 12.1. The van der Waals surface area contributed by atoms with E-state index in [0.29, 0.717) is 12.5 Å². The number of esters is 1. The van der Waals surface area contributed by atoms with E-state index in [0.717, 1.165) is 25.7 Å². The summed E-state index contributed by atoms with van der Waals surface area (Å²) in [6, 6.07) is 0. The topological polar surface area (TPSA) is 43.4 Å². The van der Waals surface area contributed by atoms with Crippen LogP contribution < -0.4 is 0 Å². The molecule has 0 saturated heterocycles. The molecule has 110 valence electrons. The molecule has 0 aromatic carbocycles. The fourth-order valence-corrected chi connectivity index (χ4v) is 2.59. The molecule has 0 N–H and O–H groups in total. The molecule has 1 fully saturated rings. The molecule has 0 aliphatic heterocycles. The van der Waals surface area contributed by atoms with Crippen molar-refractivity contribution in [1.29, 1.82) is 0 Å². The molecular formula is C16H28O3. The lowest BCUT2D eigenvalue weighted by molar-refractivity contribution is -0.161. The average molecular weight is 268 g/mol. The van der Waals surface area contributed by atoms with E-state index < -0.39 is 5.41 Å². The summed E-state index contributed by atoms with van der Waals surface area (Å²) >= 11 is 0. The monoisotopic (exact) mass is 268 g/mol. The molecule has 1 saturated carbocycles. The Hall–Kier alpha value is -0.860. The lowest BCUT2D eigenvalue weighted by atomic mass is 9.61. The van der Waals surface area contributed by atoms with E-state index in [1.165, 1.54) is 12.8 Å². The molecule has 0 bridgehead atoms. The van der Waals surface area contributed by atoms with Crippen molar-refractivity contribution in [3.05, 3.63) is 0 Å². The zero-order valence-corrected chi connectivity index (χ0v) is 12.8. The molecule has 0 amide bonds. The van der Waals surface area contributed by atoms with Crippen LogP contribution in [-0.4, -0.2) is 18.4 Å². The molecular weight excluding hydrogens is 240 g/mol. The van der Waals surface area contributed by atoms with Crippen molar-refractivity contribution in [3.63, 3.8) is 0 Å². The molecule has 0 unspecified atom stereocenters. The second-order valence-electron chi connectivity index (χ2n) is 6.39. The lowest BCUT2D eigenvalue weighted by Crippen LogP contribution is -2.43. The van der Waals surface area contributed by atoms with Crippen LogP contribution in [0.3, 0.4) is 0 Å². The zero-order valence-electron chi connectivity index (χ0n) is 12.8. The maximum absolute atomic E-state index is 12.1. The molecule has 3 nitrogen and oxygen atoms in total. The number of rotatable bonds is 8. The summed E-state index contributed by atoms with van der Waals surface area (Å²) in [6.07, 6.45) is 6.15. The number of Topliss-reactive ketones (excluding diaryl/α,β-unsaturated/α-hetero) is 1. The summed E-state index contributed by atoms with van der Waals surface area (Å²) in [5.74, 6) is 0.613. The Labute approximate surface area is 117 Å². The maximum Gasteiger partial charge on any atom is 0.311 e. The summed E-state index contributed by atoms with van der Waals surface area (Å²) < 4.78 is 5.38. The molecule has 1 rings (SSSR count). The minimum Gasteiger partial charge on any atom is -0.465 e. The van der Waals surface area contributed by atoms with Gasteiger partial charge in [-0.05, 0) is 46.0 Å². The van der Waals surface area contributed by atoms with Gasteiger partial charge < -0.3 is 4.74 Å². The van der Waals surface area contributed by atoms with E-state index in [2.05, 4.69) is 6.92 Å². The fraction of sp³-hybridized carbons (Fsp3) is 0.875. The van der Waals surface area contributed by atoms with Crippen molar-refractivity contribution in [2.75, 3.05) is 6.61 Å². The van der Waals surface area contributed by atoms with Crippen LogP contribution in [0.1, 0.15) is 66.2 Å². The summed E-state index contributed by atoms with van der Waals surface area (Å²) in [5, 5.41) is 0. The van der Waals surface area contributed by atoms with Crippen LogP contribution in [0.25, 0.3) is 0 Å². The Morgan fingerprint density at radius 3 is 2.32 bits per heavy atom. The number of unbranched alkanes of at least 4 members (excludes halogenated alkanes) is 3. The standard InChI is InChI=1S/C16H28O3/c1-5-6-7-8-9-19-15(18)16(3,4)14-10-13(11-14)12(2)17/h13-14H,5-11H2,1-4H3. The number of carbonyl (C=O) groups excluding carboxylic acids is 2. The van der Waals surface area contributed by atoms with E-state index in [1.807, 2.05) is 13.8 Å². The fourth-order valence-electron chi connectivity index (χ4n) is 2.59. The smallest absolute Gasteiger partial charge is 0.311 e. The van der Waals surface area contributed by atoms with Gasteiger partial charge in [-0.25, -0.2) is 0 Å². The van der Waals surface area contributed by atoms with Gasteiger partial charge in [0, 0.05) is 5.92 Å². The third-order valence-corrected chi connectivity index (χ3v) is 4.49. The molecule has 19 heavy (non-hydrogen) atoms. The number of ketones is 1. The van der Waals surface area contributed by atoms with Gasteiger partial charge in [0.2, 0.25) is 0 Å². The van der Waals surface area contributed by atoms with Crippen LogP contribution in [0.4, 0.5) is 0 Å². The molecule has 0 aromatic rings. The van der Waals surface area contributed by atoms with Crippen molar-refractivity contribution in [2.24, 2.45) is 17.3 Å².